The molecule has 0 aliphatic carbocycles. The van der Waals surface area contributed by atoms with Gasteiger partial charge in [0.2, 0.25) is 0 Å². The second-order valence-corrected chi connectivity index (χ2v) is 40.3. The van der Waals surface area contributed by atoms with Crippen LogP contribution in [-0.2, 0) is 6.48 Å². The van der Waals surface area contributed by atoms with Crippen molar-refractivity contribution in [3.63, 3.8) is 0 Å². The van der Waals surface area contributed by atoms with Crippen LogP contribution in [0.15, 0.2) is 0 Å². The standard InChI is InChI=1S/6ClH.H2O.Ru/h6*1H;1H2;/q;;;;;;;+6/p-6. The average Bonchev–Trinajstić information content (AvgIpc) is 0.592. The van der Waals surface area contributed by atoms with Gasteiger partial charge in [0, 0.05) is 0 Å². The van der Waals surface area contributed by atoms with E-state index < -0.39 is 6.48 Å². The molecule has 0 saturated heterocycles. The summed E-state index contributed by atoms with van der Waals surface area (Å²) >= 11 is 0. The number of rotatable bonds is 0. The predicted molar refractivity (Wildman–Crippen MR) is 38.7 cm³/mol. The fourth-order valence-corrected chi connectivity index (χ4v) is 0. The summed E-state index contributed by atoms with van der Waals surface area (Å²) in [5, 5.41) is 0. The SMILES string of the molecule is O.[Cl][Ru]([Cl])([Cl])([Cl])([Cl])[Cl]. The van der Waals surface area contributed by atoms with Crippen LogP contribution in [0.3, 0.4) is 0 Å². The monoisotopic (exact) mass is 330 g/mol. The van der Waals surface area contributed by atoms with Crippen molar-refractivity contribution in [1.29, 1.82) is 0 Å². The van der Waals surface area contributed by atoms with Gasteiger partial charge in [0.25, 0.3) is 0 Å². The van der Waals surface area contributed by atoms with Crippen molar-refractivity contribution in [2.45, 2.75) is 0 Å². The molecule has 1 nitrogen and oxygen atoms in total. The maximum atomic E-state index is 5.04. The molecular weight excluding hydrogens is 330 g/mol. The fourth-order valence-electron chi connectivity index (χ4n) is 0. The molecule has 0 unspecified atom stereocenters. The predicted octanol–water partition coefficient (Wildman–Crippen LogP) is 3.31. The molecule has 0 spiro atoms. The number of hydrogen-bond donors (Lipinski definition) is 0. The van der Waals surface area contributed by atoms with Gasteiger partial charge < -0.3 is 5.48 Å². The summed E-state index contributed by atoms with van der Waals surface area (Å²) in [6.45, 7) is -5.22. The molecule has 0 aromatic carbocycles. The van der Waals surface area contributed by atoms with Crippen LogP contribution in [-0.4, -0.2) is 5.48 Å². The third-order valence-corrected chi connectivity index (χ3v) is 0. The van der Waals surface area contributed by atoms with Crippen LogP contribution in [0.4, 0.5) is 0 Å². The van der Waals surface area contributed by atoms with E-state index in [1.165, 1.54) is 0 Å². The van der Waals surface area contributed by atoms with Gasteiger partial charge in [-0.05, 0) is 0 Å². The summed E-state index contributed by atoms with van der Waals surface area (Å²) in [5.41, 5.74) is 0. The van der Waals surface area contributed by atoms with Crippen LogP contribution in [0.25, 0.3) is 0 Å². The van der Waals surface area contributed by atoms with Gasteiger partial charge in [0.05, 0.1) is 0 Å². The Labute approximate surface area is 69.4 Å². The summed E-state index contributed by atoms with van der Waals surface area (Å²) in [6, 6.07) is 0. The minimum atomic E-state index is -5.22. The molecule has 0 aromatic rings. The summed E-state index contributed by atoms with van der Waals surface area (Å²) in [6.07, 6.45) is 0. The summed E-state index contributed by atoms with van der Waals surface area (Å²) in [4.78, 5) is 0. The Morgan fingerprint density at radius 2 is 0.625 bits per heavy atom. The number of halogens is 6. The van der Waals surface area contributed by atoms with E-state index in [-0.39, 0.29) is 5.48 Å². The Bertz CT molecular complexity index is 67.1. The topological polar surface area (TPSA) is 31.5 Å². The zero-order valence-corrected chi connectivity index (χ0v) is 9.40. The first kappa shape index (κ1) is 13.0. The third-order valence-electron chi connectivity index (χ3n) is 0. The first-order valence-electron chi connectivity index (χ1n) is 0.802. The molecular formula is H2Cl6ORu. The van der Waals surface area contributed by atoms with E-state index in [9.17, 15) is 0 Å². The van der Waals surface area contributed by atoms with Gasteiger partial charge in [-0.2, -0.15) is 0 Å². The van der Waals surface area contributed by atoms with Crippen molar-refractivity contribution < 1.29 is 12.0 Å². The normalized spacial score (nSPS) is 20.2. The van der Waals surface area contributed by atoms with Crippen LogP contribution in [0, 0.1) is 0 Å². The summed E-state index contributed by atoms with van der Waals surface area (Å²) < 4.78 is 0. The van der Waals surface area contributed by atoms with E-state index in [2.05, 4.69) is 0 Å². The van der Waals surface area contributed by atoms with Gasteiger partial charge in [-0.25, -0.2) is 0 Å². The van der Waals surface area contributed by atoms with Gasteiger partial charge in [0.1, 0.15) is 0 Å². The van der Waals surface area contributed by atoms with E-state index in [0.717, 1.165) is 0 Å². The Kier molecular flexibility index (Phi) is 3.48. The molecule has 0 saturated carbocycles. The van der Waals surface area contributed by atoms with Gasteiger partial charge in [-0.3, -0.25) is 0 Å². The maximum absolute atomic E-state index is 5.22. The van der Waals surface area contributed by atoms with Gasteiger partial charge in [-0.1, -0.05) is 0 Å². The zero-order chi connectivity index (χ0) is 6.41. The molecule has 0 aromatic heterocycles. The first-order chi connectivity index (χ1) is 2.45. The molecule has 0 aliphatic heterocycles. The van der Waals surface area contributed by atoms with E-state index in [1.807, 2.05) is 0 Å². The summed E-state index contributed by atoms with van der Waals surface area (Å²) in [5.74, 6) is 0. The van der Waals surface area contributed by atoms with Crippen molar-refractivity contribution in [1.82, 2.24) is 0 Å². The molecule has 2 N–H and O–H groups in total. The minimum absolute atomic E-state index is 0. The van der Waals surface area contributed by atoms with Crippen molar-refractivity contribution in [3.8, 4) is 0 Å². The van der Waals surface area contributed by atoms with E-state index in [1.54, 1.807) is 0 Å². The van der Waals surface area contributed by atoms with Crippen molar-refractivity contribution >= 4 is 58.1 Å². The van der Waals surface area contributed by atoms with E-state index in [0.29, 0.717) is 0 Å². The van der Waals surface area contributed by atoms with E-state index in [4.69, 9.17) is 58.1 Å². The van der Waals surface area contributed by atoms with Crippen LogP contribution in [0.2, 0.25) is 0 Å². The van der Waals surface area contributed by atoms with E-state index >= 15 is 0 Å². The molecule has 0 radical (unpaired) electrons. The number of hydrogen-bond acceptors (Lipinski definition) is 0. The summed E-state index contributed by atoms with van der Waals surface area (Å²) in [7, 11) is 30.3. The molecule has 8 heteroatoms. The molecule has 0 atom stereocenters. The molecule has 0 amide bonds. The molecule has 0 heterocycles. The molecule has 0 rings (SSSR count). The molecule has 0 fully saturated rings. The fraction of sp³-hybridized carbons (Fsp3) is 0. The average molecular weight is 332 g/mol. The zero-order valence-electron chi connectivity index (χ0n) is 3.12. The Balaban J connectivity index is 0. The van der Waals surface area contributed by atoms with Crippen LogP contribution in [0.1, 0.15) is 0 Å². The molecule has 58 valence electrons. The van der Waals surface area contributed by atoms with Gasteiger partial charge in [-0.15, -0.1) is 0 Å². The van der Waals surface area contributed by atoms with Gasteiger partial charge in [0.15, 0.2) is 0 Å². The van der Waals surface area contributed by atoms with Gasteiger partial charge >= 0.3 is 64.6 Å². The Morgan fingerprint density at radius 3 is 0.625 bits per heavy atom. The molecule has 0 aliphatic rings. The van der Waals surface area contributed by atoms with Crippen LogP contribution in [0.5, 0.6) is 0 Å². The Morgan fingerprint density at radius 1 is 0.625 bits per heavy atom. The van der Waals surface area contributed by atoms with Crippen molar-refractivity contribution in [2.75, 3.05) is 0 Å². The Hall–Kier alpha value is 2.32. The van der Waals surface area contributed by atoms with Crippen molar-refractivity contribution in [3.05, 3.63) is 0 Å². The quantitative estimate of drug-likeness (QED) is 0.610. The molecule has 8 heavy (non-hydrogen) atoms. The van der Waals surface area contributed by atoms with Crippen LogP contribution < -0.4 is 0 Å². The third kappa shape index (κ3) is 82.7. The van der Waals surface area contributed by atoms with Crippen molar-refractivity contribution in [2.24, 2.45) is 0 Å². The second kappa shape index (κ2) is 2.15. The van der Waals surface area contributed by atoms with Crippen LogP contribution >= 0.6 is 58.1 Å². The second-order valence-electron chi connectivity index (χ2n) is 0.758. The molecule has 0 bridgehead atoms. The first-order valence-corrected chi connectivity index (χ1v) is 14.2.